The molecule has 0 bridgehead atoms. The minimum absolute atomic E-state index is 0.588. The molecule has 0 saturated heterocycles. The Hall–Kier alpha value is -0.970. The maximum atomic E-state index is 5.67. The van der Waals surface area contributed by atoms with Gasteiger partial charge >= 0.3 is 0 Å². The number of aliphatic imine (C=N–C) groups is 1. The summed E-state index contributed by atoms with van der Waals surface area (Å²) in [7, 11) is 1.86. The van der Waals surface area contributed by atoms with Crippen LogP contribution >= 0.6 is 11.8 Å². The van der Waals surface area contributed by atoms with E-state index in [1.165, 1.54) is 11.8 Å². The van der Waals surface area contributed by atoms with Crippen molar-refractivity contribution < 1.29 is 0 Å². The molecule has 4 nitrogen and oxygen atoms in total. The smallest absolute Gasteiger partial charge is 0.160 e. The molecule has 0 amide bonds. The van der Waals surface area contributed by atoms with Crippen molar-refractivity contribution in [1.82, 2.24) is 9.78 Å². The predicted octanol–water partition coefficient (Wildman–Crippen LogP) is 1.43. The summed E-state index contributed by atoms with van der Waals surface area (Å²) in [5.74, 6) is 1.74. The molecule has 1 rings (SSSR count). The van der Waals surface area contributed by atoms with Crippen LogP contribution in [0.5, 0.6) is 0 Å². The molecule has 0 spiro atoms. The Balaban J connectivity index is 2.83. The first kappa shape index (κ1) is 10.1. The fraction of sp³-hybridized carbons (Fsp3) is 0.500. The molecular weight excluding hydrogens is 184 g/mol. The quantitative estimate of drug-likeness (QED) is 0.577. The molecule has 2 N–H and O–H groups in total. The van der Waals surface area contributed by atoms with Crippen LogP contribution in [-0.2, 0) is 7.05 Å². The van der Waals surface area contributed by atoms with Crippen molar-refractivity contribution in [1.29, 1.82) is 0 Å². The van der Waals surface area contributed by atoms with Crippen molar-refractivity contribution in [3.8, 4) is 0 Å². The van der Waals surface area contributed by atoms with Gasteiger partial charge in [0.05, 0.1) is 5.69 Å². The zero-order valence-electron chi connectivity index (χ0n) is 8.11. The summed E-state index contributed by atoms with van der Waals surface area (Å²) >= 11 is 1.53. The number of aryl methyl sites for hydroxylation is 2. The fourth-order valence-corrected chi connectivity index (χ4v) is 1.45. The van der Waals surface area contributed by atoms with Crippen molar-refractivity contribution in [3.05, 3.63) is 11.8 Å². The van der Waals surface area contributed by atoms with Crippen molar-refractivity contribution in [3.63, 3.8) is 0 Å². The highest BCUT2D eigenvalue weighted by Crippen LogP contribution is 2.13. The van der Waals surface area contributed by atoms with E-state index in [1.807, 2.05) is 27.0 Å². The van der Waals surface area contributed by atoms with Crippen LogP contribution in [0.4, 0.5) is 5.82 Å². The molecule has 1 heterocycles. The lowest BCUT2D eigenvalue weighted by atomic mass is 10.5. The third kappa shape index (κ3) is 2.77. The van der Waals surface area contributed by atoms with Gasteiger partial charge in [-0.05, 0) is 12.7 Å². The molecule has 0 aliphatic rings. The normalized spacial score (nSPS) is 12.1. The van der Waals surface area contributed by atoms with E-state index in [9.17, 15) is 0 Å². The van der Waals surface area contributed by atoms with E-state index in [4.69, 9.17) is 5.73 Å². The fourth-order valence-electron chi connectivity index (χ4n) is 0.995. The second-order valence-corrected chi connectivity index (χ2v) is 3.93. The minimum Gasteiger partial charge on any atom is -0.378 e. The van der Waals surface area contributed by atoms with Crippen LogP contribution in [0, 0.1) is 6.92 Å². The molecule has 0 aliphatic heterocycles. The van der Waals surface area contributed by atoms with E-state index in [0.29, 0.717) is 5.17 Å². The van der Waals surface area contributed by atoms with E-state index >= 15 is 0 Å². The van der Waals surface area contributed by atoms with Gasteiger partial charge in [-0.25, -0.2) is 4.99 Å². The Labute approximate surface area is 82.2 Å². The van der Waals surface area contributed by atoms with Gasteiger partial charge in [-0.1, -0.05) is 18.7 Å². The van der Waals surface area contributed by atoms with Crippen LogP contribution in [0.15, 0.2) is 11.1 Å². The first-order valence-corrected chi connectivity index (χ1v) is 5.09. The largest absolute Gasteiger partial charge is 0.378 e. The lowest BCUT2D eigenvalue weighted by Crippen LogP contribution is -2.06. The van der Waals surface area contributed by atoms with E-state index in [0.717, 1.165) is 17.3 Å². The van der Waals surface area contributed by atoms with Crippen molar-refractivity contribution in [2.75, 3.05) is 5.75 Å². The van der Waals surface area contributed by atoms with Gasteiger partial charge in [0, 0.05) is 13.1 Å². The number of nitrogens with zero attached hydrogens (tertiary/aromatic N) is 3. The van der Waals surface area contributed by atoms with Crippen LogP contribution in [0.3, 0.4) is 0 Å². The van der Waals surface area contributed by atoms with Crippen LogP contribution in [-0.4, -0.2) is 20.7 Å². The number of aromatic nitrogens is 2. The summed E-state index contributed by atoms with van der Waals surface area (Å²) in [4.78, 5) is 4.23. The molecule has 0 aromatic carbocycles. The molecule has 1 aromatic rings. The Morgan fingerprint density at radius 2 is 2.46 bits per heavy atom. The zero-order chi connectivity index (χ0) is 9.84. The molecule has 0 fully saturated rings. The maximum Gasteiger partial charge on any atom is 0.160 e. The Morgan fingerprint density at radius 1 is 1.77 bits per heavy atom. The van der Waals surface area contributed by atoms with Gasteiger partial charge < -0.3 is 5.73 Å². The number of hydrogen-bond donors (Lipinski definition) is 1. The third-order valence-electron chi connectivity index (χ3n) is 1.49. The average Bonchev–Trinajstić information content (AvgIpc) is 2.30. The van der Waals surface area contributed by atoms with Crippen molar-refractivity contribution >= 4 is 22.7 Å². The SMILES string of the molecule is CCS/C(N)=N/c1cc(C)nn1C. The van der Waals surface area contributed by atoms with Gasteiger partial charge in [0.25, 0.3) is 0 Å². The molecular formula is C8H14N4S. The van der Waals surface area contributed by atoms with E-state index in [1.54, 1.807) is 4.68 Å². The zero-order valence-corrected chi connectivity index (χ0v) is 8.93. The highest BCUT2D eigenvalue weighted by atomic mass is 32.2. The Morgan fingerprint density at radius 3 is 2.92 bits per heavy atom. The van der Waals surface area contributed by atoms with Crippen LogP contribution in [0.1, 0.15) is 12.6 Å². The van der Waals surface area contributed by atoms with E-state index in [-0.39, 0.29) is 0 Å². The molecule has 13 heavy (non-hydrogen) atoms. The molecule has 0 unspecified atom stereocenters. The van der Waals surface area contributed by atoms with Crippen molar-refractivity contribution in [2.24, 2.45) is 17.8 Å². The summed E-state index contributed by atoms with van der Waals surface area (Å²) in [6.45, 7) is 3.98. The molecule has 0 radical (unpaired) electrons. The molecule has 5 heteroatoms. The minimum atomic E-state index is 0.588. The van der Waals surface area contributed by atoms with Crippen molar-refractivity contribution in [2.45, 2.75) is 13.8 Å². The van der Waals surface area contributed by atoms with Gasteiger partial charge in [0.15, 0.2) is 11.0 Å². The monoisotopic (exact) mass is 198 g/mol. The standard InChI is InChI=1S/C8H14N4S/c1-4-13-8(9)10-7-5-6(2)11-12(7)3/h5H,4H2,1-3H3,(H2,9,10). The van der Waals surface area contributed by atoms with E-state index in [2.05, 4.69) is 10.1 Å². The first-order chi connectivity index (χ1) is 6.13. The summed E-state index contributed by atoms with van der Waals surface area (Å²) in [6, 6.07) is 1.91. The predicted molar refractivity (Wildman–Crippen MR) is 57.4 cm³/mol. The van der Waals surface area contributed by atoms with Gasteiger partial charge in [0.1, 0.15) is 0 Å². The van der Waals surface area contributed by atoms with Gasteiger partial charge in [-0.3, -0.25) is 4.68 Å². The maximum absolute atomic E-state index is 5.67. The number of hydrogen-bond acceptors (Lipinski definition) is 3. The second kappa shape index (κ2) is 4.32. The third-order valence-corrected chi connectivity index (χ3v) is 2.17. The average molecular weight is 198 g/mol. The molecule has 72 valence electrons. The highest BCUT2D eigenvalue weighted by molar-refractivity contribution is 8.13. The van der Waals surface area contributed by atoms with Gasteiger partial charge in [-0.2, -0.15) is 5.10 Å². The number of rotatable bonds is 2. The Kier molecular flexibility index (Phi) is 3.36. The number of amidine groups is 1. The van der Waals surface area contributed by atoms with Crippen LogP contribution in [0.25, 0.3) is 0 Å². The van der Waals surface area contributed by atoms with Gasteiger partial charge in [0.2, 0.25) is 0 Å². The van der Waals surface area contributed by atoms with E-state index < -0.39 is 0 Å². The first-order valence-electron chi connectivity index (χ1n) is 4.11. The summed E-state index contributed by atoms with van der Waals surface area (Å²) in [6.07, 6.45) is 0. The lowest BCUT2D eigenvalue weighted by molar-refractivity contribution is 0.759. The molecule has 1 aromatic heterocycles. The summed E-state index contributed by atoms with van der Waals surface area (Å²) < 4.78 is 1.72. The topological polar surface area (TPSA) is 56.2 Å². The number of nitrogens with two attached hydrogens (primary N) is 1. The lowest BCUT2D eigenvalue weighted by Gasteiger charge is -1.97. The molecule has 0 aliphatic carbocycles. The Bertz CT molecular complexity index is 316. The highest BCUT2D eigenvalue weighted by Gasteiger charge is 2.00. The summed E-state index contributed by atoms with van der Waals surface area (Å²) in [5.41, 5.74) is 6.62. The number of thioether (sulfide) groups is 1. The second-order valence-electron chi connectivity index (χ2n) is 2.65. The van der Waals surface area contributed by atoms with Crippen LogP contribution in [0.2, 0.25) is 0 Å². The molecule has 0 saturated carbocycles. The summed E-state index contributed by atoms with van der Waals surface area (Å²) in [5, 5.41) is 4.76. The van der Waals surface area contributed by atoms with Gasteiger partial charge in [-0.15, -0.1) is 0 Å². The molecule has 0 atom stereocenters. The van der Waals surface area contributed by atoms with Crippen LogP contribution < -0.4 is 5.73 Å².